The first kappa shape index (κ1) is 23.5. The van der Waals surface area contributed by atoms with Crippen LogP contribution in [0.25, 0.3) is 0 Å². The van der Waals surface area contributed by atoms with Gasteiger partial charge in [-0.05, 0) is 36.2 Å². The lowest BCUT2D eigenvalue weighted by molar-refractivity contribution is -0.122. The molecule has 0 unspecified atom stereocenters. The molecule has 31 heavy (non-hydrogen) atoms. The second-order valence-electron chi connectivity index (χ2n) is 7.64. The molecule has 0 aromatic heterocycles. The Morgan fingerprint density at radius 2 is 1.84 bits per heavy atom. The molecule has 1 amide bonds. The van der Waals surface area contributed by atoms with Gasteiger partial charge in [-0.3, -0.25) is 14.0 Å². The molecule has 0 saturated carbocycles. The predicted molar refractivity (Wildman–Crippen MR) is 123 cm³/mol. The van der Waals surface area contributed by atoms with Crippen molar-refractivity contribution in [2.45, 2.75) is 26.1 Å². The summed E-state index contributed by atoms with van der Waals surface area (Å²) in [5.74, 6) is -0.385. The van der Waals surface area contributed by atoms with Crippen LogP contribution in [0.15, 0.2) is 48.5 Å². The molecule has 1 saturated heterocycles. The Morgan fingerprint density at radius 1 is 1.16 bits per heavy atom. The zero-order valence-corrected chi connectivity index (χ0v) is 19.3. The smallest absolute Gasteiger partial charge is 0.243 e. The van der Waals surface area contributed by atoms with Crippen LogP contribution in [0.3, 0.4) is 0 Å². The van der Waals surface area contributed by atoms with E-state index in [0.717, 1.165) is 49.0 Å². The lowest BCUT2D eigenvalue weighted by atomic mass is 10.1. The highest BCUT2D eigenvalue weighted by atomic mass is 35.5. The van der Waals surface area contributed by atoms with Crippen molar-refractivity contribution in [2.75, 3.05) is 36.9 Å². The van der Waals surface area contributed by atoms with Crippen LogP contribution in [0.1, 0.15) is 18.1 Å². The van der Waals surface area contributed by atoms with Gasteiger partial charge in [-0.2, -0.15) is 0 Å². The van der Waals surface area contributed by atoms with E-state index in [0.29, 0.717) is 17.3 Å². The number of hydrogen-bond donors (Lipinski definition) is 1. The van der Waals surface area contributed by atoms with Crippen molar-refractivity contribution in [1.29, 1.82) is 0 Å². The molecule has 0 bridgehead atoms. The fourth-order valence-electron chi connectivity index (χ4n) is 3.61. The summed E-state index contributed by atoms with van der Waals surface area (Å²) in [7, 11) is -3.69. The molecule has 1 fully saturated rings. The summed E-state index contributed by atoms with van der Waals surface area (Å²) in [5.41, 5.74) is 2.48. The van der Waals surface area contributed by atoms with E-state index in [1.807, 2.05) is 12.1 Å². The fourth-order valence-corrected chi connectivity index (χ4v) is 4.97. The number of morpholine rings is 1. The molecule has 2 aromatic carbocycles. The average molecular weight is 466 g/mol. The third-order valence-electron chi connectivity index (χ3n) is 5.12. The van der Waals surface area contributed by atoms with E-state index in [2.05, 4.69) is 22.3 Å². The molecular weight excluding hydrogens is 438 g/mol. The van der Waals surface area contributed by atoms with Crippen LogP contribution in [-0.4, -0.2) is 57.8 Å². The van der Waals surface area contributed by atoms with Crippen LogP contribution in [0.2, 0.25) is 5.02 Å². The number of benzene rings is 2. The summed E-state index contributed by atoms with van der Waals surface area (Å²) in [6, 6.07) is 13.6. The number of nitrogens with one attached hydrogen (secondary N) is 1. The highest BCUT2D eigenvalue weighted by molar-refractivity contribution is 7.92. The summed E-state index contributed by atoms with van der Waals surface area (Å²) in [4.78, 5) is 15.1. The van der Waals surface area contributed by atoms with Gasteiger partial charge in [0.2, 0.25) is 15.9 Å². The number of ether oxygens (including phenoxy) is 1. The molecule has 2 aromatic rings. The number of halogens is 1. The van der Waals surface area contributed by atoms with Crippen molar-refractivity contribution in [3.8, 4) is 0 Å². The first-order valence-corrected chi connectivity index (χ1v) is 12.4. The molecule has 1 aliphatic heterocycles. The third kappa shape index (κ3) is 6.67. The van der Waals surface area contributed by atoms with Crippen molar-refractivity contribution in [3.05, 3.63) is 64.7 Å². The van der Waals surface area contributed by atoms with E-state index in [-0.39, 0.29) is 5.91 Å². The fraction of sp³-hybridized carbons (Fsp3) is 0.409. The van der Waals surface area contributed by atoms with Gasteiger partial charge >= 0.3 is 0 Å². The van der Waals surface area contributed by atoms with Gasteiger partial charge < -0.3 is 10.1 Å². The zero-order valence-electron chi connectivity index (χ0n) is 17.8. The second kappa shape index (κ2) is 10.5. The van der Waals surface area contributed by atoms with Crippen molar-refractivity contribution in [3.63, 3.8) is 0 Å². The maximum absolute atomic E-state index is 12.8. The highest BCUT2D eigenvalue weighted by Crippen LogP contribution is 2.24. The first-order valence-electron chi connectivity index (χ1n) is 10.1. The van der Waals surface area contributed by atoms with Crippen LogP contribution < -0.4 is 9.62 Å². The van der Waals surface area contributed by atoms with Crippen molar-refractivity contribution in [1.82, 2.24) is 10.2 Å². The molecule has 0 aliphatic carbocycles. The van der Waals surface area contributed by atoms with Gasteiger partial charge in [0.05, 0.1) is 25.2 Å². The molecule has 1 atom stereocenters. The number of carbonyl (C=O) groups is 1. The standard InChI is InChI=1S/C22H28ClN3O4S/c1-17(26(31(2,28)29)21-8-4-7-20(23)14-21)22(27)24-15-18-5-3-6-19(13-18)16-25-9-11-30-12-10-25/h3-8,13-14,17H,9-12,15-16H2,1-2H3,(H,24,27)/t17-/m0/s1. The Morgan fingerprint density at radius 3 is 2.52 bits per heavy atom. The first-order chi connectivity index (χ1) is 14.7. The zero-order chi connectivity index (χ0) is 22.4. The number of anilines is 1. The molecule has 1 heterocycles. The van der Waals surface area contributed by atoms with Gasteiger partial charge in [-0.1, -0.05) is 41.9 Å². The van der Waals surface area contributed by atoms with E-state index in [9.17, 15) is 13.2 Å². The summed E-state index contributed by atoms with van der Waals surface area (Å²) in [5, 5.41) is 3.25. The molecule has 1 N–H and O–H groups in total. The molecular formula is C22H28ClN3O4S. The van der Waals surface area contributed by atoms with Gasteiger partial charge in [0.15, 0.2) is 0 Å². The number of sulfonamides is 1. The van der Waals surface area contributed by atoms with Crippen molar-refractivity contribution < 1.29 is 17.9 Å². The number of carbonyl (C=O) groups excluding carboxylic acids is 1. The minimum absolute atomic E-state index is 0.313. The molecule has 0 radical (unpaired) electrons. The van der Waals surface area contributed by atoms with Gasteiger partial charge in [0.25, 0.3) is 0 Å². The topological polar surface area (TPSA) is 79.0 Å². The molecule has 3 rings (SSSR count). The molecule has 168 valence electrons. The quantitative estimate of drug-likeness (QED) is 0.648. The van der Waals surface area contributed by atoms with Crippen LogP contribution in [0.5, 0.6) is 0 Å². The van der Waals surface area contributed by atoms with Crippen LogP contribution >= 0.6 is 11.6 Å². The van der Waals surface area contributed by atoms with Gasteiger partial charge in [-0.25, -0.2) is 8.42 Å². The Bertz CT molecular complexity index is 1010. The maximum atomic E-state index is 12.8. The normalized spacial score (nSPS) is 16.0. The average Bonchev–Trinajstić information content (AvgIpc) is 2.72. The summed E-state index contributed by atoms with van der Waals surface area (Å²) in [6.07, 6.45) is 1.08. The van der Waals surface area contributed by atoms with E-state index in [4.69, 9.17) is 16.3 Å². The summed E-state index contributed by atoms with van der Waals surface area (Å²) >= 11 is 6.02. The molecule has 9 heteroatoms. The Balaban J connectivity index is 1.65. The van der Waals surface area contributed by atoms with Crippen LogP contribution in [-0.2, 0) is 32.6 Å². The van der Waals surface area contributed by atoms with E-state index in [1.54, 1.807) is 25.1 Å². The highest BCUT2D eigenvalue weighted by Gasteiger charge is 2.29. The minimum atomic E-state index is -3.69. The van der Waals surface area contributed by atoms with Gasteiger partial charge in [0.1, 0.15) is 6.04 Å². The minimum Gasteiger partial charge on any atom is -0.379 e. The monoisotopic (exact) mass is 465 g/mol. The lowest BCUT2D eigenvalue weighted by Crippen LogP contribution is -2.47. The summed E-state index contributed by atoms with van der Waals surface area (Å²) < 4.78 is 31.2. The second-order valence-corrected chi connectivity index (χ2v) is 9.94. The van der Waals surface area contributed by atoms with Gasteiger partial charge in [-0.15, -0.1) is 0 Å². The largest absolute Gasteiger partial charge is 0.379 e. The molecule has 0 spiro atoms. The number of hydrogen-bond acceptors (Lipinski definition) is 5. The number of rotatable bonds is 8. The van der Waals surface area contributed by atoms with Crippen molar-refractivity contribution >= 4 is 33.2 Å². The SMILES string of the molecule is C[C@@H](C(=O)NCc1cccc(CN2CCOCC2)c1)N(c1cccc(Cl)c1)S(C)(=O)=O. The number of nitrogens with zero attached hydrogens (tertiary/aromatic N) is 2. The molecule has 7 nitrogen and oxygen atoms in total. The number of amides is 1. The van der Waals surface area contributed by atoms with E-state index < -0.39 is 16.1 Å². The van der Waals surface area contributed by atoms with E-state index >= 15 is 0 Å². The van der Waals surface area contributed by atoms with Crippen molar-refractivity contribution in [2.24, 2.45) is 0 Å². The van der Waals surface area contributed by atoms with Crippen LogP contribution in [0, 0.1) is 0 Å². The summed E-state index contributed by atoms with van der Waals surface area (Å²) in [6.45, 7) is 6.01. The predicted octanol–water partition coefficient (Wildman–Crippen LogP) is 2.64. The Kier molecular flexibility index (Phi) is 7.94. The Labute approximate surface area is 189 Å². The third-order valence-corrected chi connectivity index (χ3v) is 6.60. The maximum Gasteiger partial charge on any atom is 0.243 e. The van der Waals surface area contributed by atoms with Crippen LogP contribution in [0.4, 0.5) is 5.69 Å². The molecule has 1 aliphatic rings. The Hall–Kier alpha value is -2.13. The van der Waals surface area contributed by atoms with E-state index in [1.165, 1.54) is 11.6 Å². The lowest BCUT2D eigenvalue weighted by Gasteiger charge is -2.28. The van der Waals surface area contributed by atoms with Gasteiger partial charge in [0, 0.05) is 31.2 Å².